The Hall–Kier alpha value is -2.04. The number of aryl methyl sites for hydroxylation is 1. The Balaban J connectivity index is 1.88. The number of benzene rings is 2. The van der Waals surface area contributed by atoms with Gasteiger partial charge in [-0.05, 0) is 30.7 Å². The van der Waals surface area contributed by atoms with Crippen LogP contribution in [0.25, 0.3) is 0 Å². The molecule has 2 aromatic rings. The minimum atomic E-state index is -0.845. The summed E-state index contributed by atoms with van der Waals surface area (Å²) in [5, 5.41) is 15.8. The molecule has 2 amide bonds. The van der Waals surface area contributed by atoms with Gasteiger partial charge in [-0.1, -0.05) is 41.9 Å². The molecule has 0 saturated carbocycles. The van der Waals surface area contributed by atoms with E-state index in [2.05, 4.69) is 10.6 Å². The van der Waals surface area contributed by atoms with Crippen molar-refractivity contribution in [3.63, 3.8) is 0 Å². The molecule has 0 bridgehead atoms. The molecule has 0 heterocycles. The van der Waals surface area contributed by atoms with Crippen LogP contribution in [-0.2, 0) is 0 Å². The molecule has 2 aromatic carbocycles. The summed E-state index contributed by atoms with van der Waals surface area (Å²) in [7, 11) is 0. The zero-order valence-corrected chi connectivity index (χ0v) is 12.4. The van der Waals surface area contributed by atoms with Gasteiger partial charge in [-0.2, -0.15) is 0 Å². The van der Waals surface area contributed by atoms with Crippen molar-refractivity contribution in [2.24, 2.45) is 0 Å². The molecular weight excluding hydrogens is 288 g/mol. The van der Waals surface area contributed by atoms with Gasteiger partial charge in [0, 0.05) is 22.8 Å². The Bertz CT molecular complexity index is 631. The normalized spacial score (nSPS) is 11.8. The molecule has 0 saturated heterocycles. The van der Waals surface area contributed by atoms with Gasteiger partial charge in [-0.15, -0.1) is 0 Å². The molecule has 0 aliphatic rings. The first-order valence-corrected chi connectivity index (χ1v) is 6.98. The maximum atomic E-state index is 11.8. The highest BCUT2D eigenvalue weighted by molar-refractivity contribution is 6.31. The summed E-state index contributed by atoms with van der Waals surface area (Å²) in [4.78, 5) is 11.8. The van der Waals surface area contributed by atoms with Crippen LogP contribution in [0.4, 0.5) is 10.5 Å². The van der Waals surface area contributed by atoms with Crippen LogP contribution in [0.2, 0.25) is 5.02 Å². The number of aliphatic hydroxyl groups is 1. The standard InChI is InChI=1S/C16H17ClN2O2/c1-11-5-4-6-12(9-11)19-16(21)18-10-15(20)13-7-2-3-8-14(13)17/h2-9,15,20H,10H2,1H3,(H2,18,19,21). The Labute approximate surface area is 128 Å². The number of halogens is 1. The predicted molar refractivity (Wildman–Crippen MR) is 84.6 cm³/mol. The number of hydrogen-bond donors (Lipinski definition) is 3. The largest absolute Gasteiger partial charge is 0.387 e. The van der Waals surface area contributed by atoms with Crippen LogP contribution in [0.1, 0.15) is 17.2 Å². The zero-order valence-electron chi connectivity index (χ0n) is 11.6. The van der Waals surface area contributed by atoms with Gasteiger partial charge in [0.05, 0.1) is 6.10 Å². The number of hydrogen-bond acceptors (Lipinski definition) is 2. The molecule has 1 atom stereocenters. The molecule has 0 radical (unpaired) electrons. The molecule has 3 N–H and O–H groups in total. The molecule has 0 aromatic heterocycles. The minimum absolute atomic E-state index is 0.0847. The lowest BCUT2D eigenvalue weighted by Gasteiger charge is -2.14. The van der Waals surface area contributed by atoms with Gasteiger partial charge in [0.2, 0.25) is 0 Å². The van der Waals surface area contributed by atoms with Gasteiger partial charge in [-0.25, -0.2) is 4.79 Å². The Morgan fingerprint density at radius 3 is 2.71 bits per heavy atom. The Kier molecular flexibility index (Phi) is 5.20. The van der Waals surface area contributed by atoms with Gasteiger partial charge in [0.1, 0.15) is 0 Å². The third kappa shape index (κ3) is 4.48. The highest BCUT2D eigenvalue weighted by Gasteiger charge is 2.12. The second kappa shape index (κ2) is 7.11. The van der Waals surface area contributed by atoms with Crippen molar-refractivity contribution in [2.75, 3.05) is 11.9 Å². The number of carbonyl (C=O) groups excluding carboxylic acids is 1. The zero-order chi connectivity index (χ0) is 15.2. The maximum absolute atomic E-state index is 11.8. The summed E-state index contributed by atoms with van der Waals surface area (Å²) in [6, 6.07) is 14.1. The maximum Gasteiger partial charge on any atom is 0.319 e. The van der Waals surface area contributed by atoms with Gasteiger partial charge >= 0.3 is 6.03 Å². The summed E-state index contributed by atoms with van der Waals surface area (Å²) in [5.74, 6) is 0. The molecule has 0 aliphatic heterocycles. The molecule has 21 heavy (non-hydrogen) atoms. The first kappa shape index (κ1) is 15.4. The quantitative estimate of drug-likeness (QED) is 0.809. The number of urea groups is 1. The fourth-order valence-corrected chi connectivity index (χ4v) is 2.20. The van der Waals surface area contributed by atoms with Crippen molar-refractivity contribution in [1.82, 2.24) is 5.32 Å². The van der Waals surface area contributed by atoms with Gasteiger partial charge in [0.15, 0.2) is 0 Å². The molecule has 0 aliphatic carbocycles. The average molecular weight is 305 g/mol. The van der Waals surface area contributed by atoms with E-state index in [4.69, 9.17) is 11.6 Å². The van der Waals surface area contributed by atoms with Crippen molar-refractivity contribution in [2.45, 2.75) is 13.0 Å². The first-order chi connectivity index (χ1) is 10.1. The fraction of sp³-hybridized carbons (Fsp3) is 0.188. The minimum Gasteiger partial charge on any atom is -0.387 e. The lowest BCUT2D eigenvalue weighted by molar-refractivity contribution is 0.175. The molecule has 2 rings (SSSR count). The SMILES string of the molecule is Cc1cccc(NC(=O)NCC(O)c2ccccc2Cl)c1. The van der Waals surface area contributed by atoms with Gasteiger partial charge < -0.3 is 15.7 Å². The van der Waals surface area contributed by atoms with Crippen LogP contribution in [0.3, 0.4) is 0 Å². The second-order valence-corrected chi connectivity index (χ2v) is 5.15. The smallest absolute Gasteiger partial charge is 0.319 e. The van der Waals surface area contributed by atoms with E-state index >= 15 is 0 Å². The van der Waals surface area contributed by atoms with Crippen molar-refractivity contribution < 1.29 is 9.90 Å². The summed E-state index contributed by atoms with van der Waals surface area (Å²) >= 11 is 5.99. The lowest BCUT2D eigenvalue weighted by Crippen LogP contribution is -2.32. The first-order valence-electron chi connectivity index (χ1n) is 6.60. The highest BCUT2D eigenvalue weighted by Crippen LogP contribution is 2.21. The second-order valence-electron chi connectivity index (χ2n) is 4.74. The van der Waals surface area contributed by atoms with E-state index in [9.17, 15) is 9.90 Å². The molecule has 5 heteroatoms. The van der Waals surface area contributed by atoms with Gasteiger partial charge in [0.25, 0.3) is 0 Å². The van der Waals surface area contributed by atoms with Gasteiger partial charge in [-0.3, -0.25) is 0 Å². The van der Waals surface area contributed by atoms with Crippen molar-refractivity contribution in [1.29, 1.82) is 0 Å². The summed E-state index contributed by atoms with van der Waals surface area (Å²) in [6.07, 6.45) is -0.845. The van der Waals surface area contributed by atoms with Crippen molar-refractivity contribution >= 4 is 23.3 Å². The van der Waals surface area contributed by atoms with Crippen LogP contribution in [0.15, 0.2) is 48.5 Å². The van der Waals surface area contributed by atoms with E-state index in [1.54, 1.807) is 30.3 Å². The van der Waals surface area contributed by atoms with E-state index < -0.39 is 6.10 Å². The monoisotopic (exact) mass is 304 g/mol. The molecular formula is C16H17ClN2O2. The topological polar surface area (TPSA) is 61.4 Å². The van der Waals surface area contributed by atoms with E-state index in [0.29, 0.717) is 16.3 Å². The number of carbonyl (C=O) groups is 1. The Morgan fingerprint density at radius 1 is 1.24 bits per heavy atom. The molecule has 0 spiro atoms. The van der Waals surface area contributed by atoms with Crippen LogP contribution in [0, 0.1) is 6.92 Å². The lowest BCUT2D eigenvalue weighted by atomic mass is 10.1. The summed E-state index contributed by atoms with van der Waals surface area (Å²) in [6.45, 7) is 2.03. The van der Waals surface area contributed by atoms with E-state index in [1.807, 2.05) is 25.1 Å². The fourth-order valence-electron chi connectivity index (χ4n) is 1.94. The molecule has 1 unspecified atom stereocenters. The van der Waals surface area contributed by atoms with E-state index in [-0.39, 0.29) is 12.6 Å². The number of anilines is 1. The third-order valence-corrected chi connectivity index (χ3v) is 3.34. The summed E-state index contributed by atoms with van der Waals surface area (Å²) in [5.41, 5.74) is 2.36. The number of nitrogens with one attached hydrogen (secondary N) is 2. The van der Waals surface area contributed by atoms with Crippen LogP contribution in [-0.4, -0.2) is 17.7 Å². The predicted octanol–water partition coefficient (Wildman–Crippen LogP) is 3.50. The molecule has 4 nitrogen and oxygen atoms in total. The molecule has 0 fully saturated rings. The number of amides is 2. The number of aliphatic hydroxyl groups excluding tert-OH is 1. The Morgan fingerprint density at radius 2 is 2.00 bits per heavy atom. The summed E-state index contributed by atoms with van der Waals surface area (Å²) < 4.78 is 0. The average Bonchev–Trinajstić information content (AvgIpc) is 2.45. The van der Waals surface area contributed by atoms with E-state index in [0.717, 1.165) is 5.56 Å². The van der Waals surface area contributed by atoms with Crippen LogP contribution >= 0.6 is 11.6 Å². The van der Waals surface area contributed by atoms with Crippen molar-refractivity contribution in [3.8, 4) is 0 Å². The molecule has 110 valence electrons. The van der Waals surface area contributed by atoms with Crippen LogP contribution in [0.5, 0.6) is 0 Å². The highest BCUT2D eigenvalue weighted by atomic mass is 35.5. The number of rotatable bonds is 4. The van der Waals surface area contributed by atoms with Crippen molar-refractivity contribution in [3.05, 3.63) is 64.7 Å². The van der Waals surface area contributed by atoms with E-state index in [1.165, 1.54) is 0 Å². The third-order valence-electron chi connectivity index (χ3n) is 3.00. The van der Waals surface area contributed by atoms with Crippen LogP contribution < -0.4 is 10.6 Å².